The van der Waals surface area contributed by atoms with Gasteiger partial charge < -0.3 is 11.1 Å². The number of para-hydroxylation sites is 1. The van der Waals surface area contributed by atoms with Gasteiger partial charge in [-0.25, -0.2) is 14.7 Å². The van der Waals surface area contributed by atoms with Gasteiger partial charge in [0.05, 0.1) is 5.69 Å². The molecule has 0 unspecified atom stereocenters. The molecule has 20 heavy (non-hydrogen) atoms. The summed E-state index contributed by atoms with van der Waals surface area (Å²) in [7, 11) is 0. The van der Waals surface area contributed by atoms with Crippen molar-refractivity contribution in [2.45, 2.75) is 32.9 Å². The second-order valence-corrected chi connectivity index (χ2v) is 5.52. The molecule has 6 nitrogen and oxygen atoms in total. The second kappa shape index (κ2) is 5.73. The molecular formula is C14H20N6. The van der Waals surface area contributed by atoms with Gasteiger partial charge in [0.2, 0.25) is 0 Å². The predicted molar refractivity (Wildman–Crippen MR) is 79.6 cm³/mol. The minimum absolute atomic E-state index is 0.107. The maximum absolute atomic E-state index is 5.80. The molecule has 6 heteroatoms. The van der Waals surface area contributed by atoms with Crippen molar-refractivity contribution < 1.29 is 0 Å². The van der Waals surface area contributed by atoms with Crippen LogP contribution in [-0.2, 0) is 6.54 Å². The Morgan fingerprint density at radius 2 is 2.00 bits per heavy atom. The van der Waals surface area contributed by atoms with Gasteiger partial charge in [0.15, 0.2) is 11.8 Å². The van der Waals surface area contributed by atoms with Crippen molar-refractivity contribution in [1.29, 1.82) is 0 Å². The summed E-state index contributed by atoms with van der Waals surface area (Å²) in [6.07, 6.45) is 1.67. The smallest absolute Gasteiger partial charge is 0.189 e. The molecule has 0 aliphatic heterocycles. The minimum atomic E-state index is -0.107. The van der Waals surface area contributed by atoms with E-state index in [0.29, 0.717) is 18.3 Å². The minimum Gasteiger partial charge on any atom is -0.370 e. The molecule has 0 bridgehead atoms. The number of aliphatic imine (C=N–C) groups is 1. The van der Waals surface area contributed by atoms with Crippen LogP contribution in [0.4, 0.5) is 0 Å². The van der Waals surface area contributed by atoms with Crippen LogP contribution in [0.3, 0.4) is 0 Å². The van der Waals surface area contributed by atoms with Gasteiger partial charge >= 0.3 is 0 Å². The number of benzene rings is 1. The molecule has 1 heterocycles. The standard InChI is InChI=1S/C14H20N6/c1-14(2,3)18-13(15)16-9-12-17-10-20(19-12)11-7-5-4-6-8-11/h4-8,10H,9H2,1-3H3,(H3,15,16,18). The van der Waals surface area contributed by atoms with Crippen LogP contribution in [-0.4, -0.2) is 26.3 Å². The Balaban J connectivity index is 2.02. The Bertz CT molecular complexity index is 579. The van der Waals surface area contributed by atoms with Gasteiger partial charge in [-0.15, -0.1) is 5.10 Å². The molecule has 0 aliphatic rings. The number of rotatable bonds is 3. The molecular weight excluding hydrogens is 252 g/mol. The number of hydrogen-bond acceptors (Lipinski definition) is 3. The number of guanidine groups is 1. The van der Waals surface area contributed by atoms with Crippen LogP contribution in [0.2, 0.25) is 0 Å². The summed E-state index contributed by atoms with van der Waals surface area (Å²) in [5.41, 5.74) is 6.66. The quantitative estimate of drug-likeness (QED) is 0.655. The maximum Gasteiger partial charge on any atom is 0.189 e. The molecule has 0 saturated carbocycles. The fourth-order valence-electron chi connectivity index (χ4n) is 1.65. The highest BCUT2D eigenvalue weighted by molar-refractivity contribution is 5.78. The van der Waals surface area contributed by atoms with Crippen molar-refractivity contribution in [2.24, 2.45) is 10.7 Å². The topological polar surface area (TPSA) is 81.1 Å². The largest absolute Gasteiger partial charge is 0.370 e. The summed E-state index contributed by atoms with van der Waals surface area (Å²) in [6.45, 7) is 6.43. The van der Waals surface area contributed by atoms with E-state index in [1.165, 1.54) is 0 Å². The summed E-state index contributed by atoms with van der Waals surface area (Å²) >= 11 is 0. The van der Waals surface area contributed by atoms with Gasteiger partial charge in [0.1, 0.15) is 12.9 Å². The zero-order valence-electron chi connectivity index (χ0n) is 12.0. The molecule has 0 amide bonds. The van der Waals surface area contributed by atoms with Gasteiger partial charge in [-0.3, -0.25) is 0 Å². The summed E-state index contributed by atoms with van der Waals surface area (Å²) in [4.78, 5) is 8.45. The molecule has 1 aromatic carbocycles. The molecule has 2 rings (SSSR count). The van der Waals surface area contributed by atoms with E-state index in [4.69, 9.17) is 5.73 Å². The van der Waals surface area contributed by atoms with E-state index in [9.17, 15) is 0 Å². The first-order chi connectivity index (χ1) is 9.44. The van der Waals surface area contributed by atoms with E-state index in [1.54, 1.807) is 11.0 Å². The highest BCUT2D eigenvalue weighted by atomic mass is 15.3. The van der Waals surface area contributed by atoms with Crippen LogP contribution in [0.1, 0.15) is 26.6 Å². The fraction of sp³-hybridized carbons (Fsp3) is 0.357. The van der Waals surface area contributed by atoms with E-state index in [-0.39, 0.29) is 5.54 Å². The van der Waals surface area contributed by atoms with Gasteiger partial charge in [-0.05, 0) is 32.9 Å². The monoisotopic (exact) mass is 272 g/mol. The molecule has 0 spiro atoms. The van der Waals surface area contributed by atoms with Crippen molar-refractivity contribution in [2.75, 3.05) is 0 Å². The Morgan fingerprint density at radius 3 is 2.65 bits per heavy atom. The normalized spacial score (nSPS) is 12.4. The highest BCUT2D eigenvalue weighted by Crippen LogP contribution is 2.05. The highest BCUT2D eigenvalue weighted by Gasteiger charge is 2.10. The van der Waals surface area contributed by atoms with Crippen LogP contribution >= 0.6 is 0 Å². The van der Waals surface area contributed by atoms with E-state index >= 15 is 0 Å². The van der Waals surface area contributed by atoms with Crippen molar-refractivity contribution in [3.8, 4) is 5.69 Å². The van der Waals surface area contributed by atoms with Crippen LogP contribution in [0.25, 0.3) is 5.69 Å². The third-order valence-corrected chi connectivity index (χ3v) is 2.45. The van der Waals surface area contributed by atoms with Crippen LogP contribution < -0.4 is 11.1 Å². The van der Waals surface area contributed by atoms with Gasteiger partial charge in [0.25, 0.3) is 0 Å². The lowest BCUT2D eigenvalue weighted by Crippen LogP contribution is -2.45. The molecule has 0 aliphatic carbocycles. The Hall–Kier alpha value is -2.37. The lowest BCUT2D eigenvalue weighted by atomic mass is 10.1. The summed E-state index contributed by atoms with van der Waals surface area (Å²) in [5.74, 6) is 1.03. The summed E-state index contributed by atoms with van der Waals surface area (Å²) in [5, 5.41) is 7.46. The first-order valence-corrected chi connectivity index (χ1v) is 6.48. The first kappa shape index (κ1) is 14.0. The van der Waals surface area contributed by atoms with Crippen molar-refractivity contribution in [1.82, 2.24) is 20.1 Å². The van der Waals surface area contributed by atoms with E-state index in [2.05, 4.69) is 20.4 Å². The van der Waals surface area contributed by atoms with Crippen molar-refractivity contribution >= 4 is 5.96 Å². The van der Waals surface area contributed by atoms with Crippen LogP contribution in [0.15, 0.2) is 41.7 Å². The maximum atomic E-state index is 5.80. The van der Waals surface area contributed by atoms with E-state index in [0.717, 1.165) is 5.69 Å². The predicted octanol–water partition coefficient (Wildman–Crippen LogP) is 1.47. The van der Waals surface area contributed by atoms with Gasteiger partial charge in [0, 0.05) is 5.54 Å². The Kier molecular flexibility index (Phi) is 4.02. The van der Waals surface area contributed by atoms with Gasteiger partial charge in [-0.2, -0.15) is 0 Å². The van der Waals surface area contributed by atoms with E-state index in [1.807, 2.05) is 51.1 Å². The molecule has 0 fully saturated rings. The lowest BCUT2D eigenvalue weighted by molar-refractivity contribution is 0.508. The third kappa shape index (κ3) is 4.08. The molecule has 106 valence electrons. The number of aromatic nitrogens is 3. The Morgan fingerprint density at radius 1 is 1.30 bits per heavy atom. The fourth-order valence-corrected chi connectivity index (χ4v) is 1.65. The SMILES string of the molecule is CC(C)(C)NC(N)=NCc1ncn(-c2ccccc2)n1. The molecule has 3 N–H and O–H groups in total. The van der Waals surface area contributed by atoms with Crippen LogP contribution in [0, 0.1) is 0 Å². The summed E-state index contributed by atoms with van der Waals surface area (Å²) < 4.78 is 1.72. The number of hydrogen-bond donors (Lipinski definition) is 2. The zero-order valence-corrected chi connectivity index (χ0v) is 12.0. The van der Waals surface area contributed by atoms with E-state index < -0.39 is 0 Å². The average molecular weight is 272 g/mol. The Labute approximate surface area is 118 Å². The van der Waals surface area contributed by atoms with Crippen molar-refractivity contribution in [3.63, 3.8) is 0 Å². The molecule has 1 aromatic heterocycles. The number of nitrogens with two attached hydrogens (primary N) is 1. The number of nitrogens with zero attached hydrogens (tertiary/aromatic N) is 4. The zero-order chi connectivity index (χ0) is 14.6. The average Bonchev–Trinajstić information content (AvgIpc) is 2.84. The lowest BCUT2D eigenvalue weighted by Gasteiger charge is -2.20. The van der Waals surface area contributed by atoms with Crippen LogP contribution in [0.5, 0.6) is 0 Å². The third-order valence-electron chi connectivity index (χ3n) is 2.45. The second-order valence-electron chi connectivity index (χ2n) is 5.52. The summed E-state index contributed by atoms with van der Waals surface area (Å²) in [6, 6.07) is 9.82. The van der Waals surface area contributed by atoms with Gasteiger partial charge in [-0.1, -0.05) is 18.2 Å². The molecule has 0 atom stereocenters. The molecule has 2 aromatic rings. The van der Waals surface area contributed by atoms with Crippen molar-refractivity contribution in [3.05, 3.63) is 42.5 Å². The molecule has 0 radical (unpaired) electrons. The number of nitrogens with one attached hydrogen (secondary N) is 1. The first-order valence-electron chi connectivity index (χ1n) is 6.48. The molecule has 0 saturated heterocycles.